The highest BCUT2D eigenvalue weighted by Gasteiger charge is 2.18. The summed E-state index contributed by atoms with van der Waals surface area (Å²) in [7, 11) is 0. The molecule has 2 nitrogen and oxygen atoms in total. The Bertz CT molecular complexity index is 365. The lowest BCUT2D eigenvalue weighted by Gasteiger charge is -2.27. The Morgan fingerprint density at radius 3 is 2.44 bits per heavy atom. The molecule has 1 heterocycles. The van der Waals surface area contributed by atoms with Gasteiger partial charge in [0.25, 0.3) is 0 Å². The summed E-state index contributed by atoms with van der Waals surface area (Å²) >= 11 is 0. The summed E-state index contributed by atoms with van der Waals surface area (Å²) in [6, 6.07) is 8.75. The van der Waals surface area contributed by atoms with Gasteiger partial charge in [-0.25, -0.2) is 0 Å². The number of hydrogen-bond donors (Lipinski definition) is 1. The largest absolute Gasteiger partial charge is 0.315 e. The van der Waals surface area contributed by atoms with Crippen molar-refractivity contribution >= 4 is 5.78 Å². The molecule has 0 saturated carbocycles. The van der Waals surface area contributed by atoms with Crippen LogP contribution in [-0.4, -0.2) is 18.9 Å². The first-order valence-corrected chi connectivity index (χ1v) is 5.97. The van der Waals surface area contributed by atoms with Crippen molar-refractivity contribution in [1.82, 2.24) is 5.32 Å². The number of nitrogens with one attached hydrogen (secondary N) is 1. The lowest BCUT2D eigenvalue weighted by molar-refractivity contribution is -0.117. The van der Waals surface area contributed by atoms with Gasteiger partial charge >= 0.3 is 0 Å². The standard InChI is InChI=1S/C14H19NO/c1-10(7-11(2)16)12-3-5-13(6-4-12)14-8-15-9-14/h3-6,10,14-15H,7-9H2,1-2H3/t10-/m1/s1. The third kappa shape index (κ3) is 2.50. The number of hydrogen-bond acceptors (Lipinski definition) is 2. The topological polar surface area (TPSA) is 29.1 Å². The van der Waals surface area contributed by atoms with E-state index < -0.39 is 0 Å². The van der Waals surface area contributed by atoms with Crippen molar-refractivity contribution in [3.8, 4) is 0 Å². The fourth-order valence-electron chi connectivity index (χ4n) is 2.17. The van der Waals surface area contributed by atoms with Crippen molar-refractivity contribution in [2.75, 3.05) is 13.1 Å². The second kappa shape index (κ2) is 4.79. The molecule has 0 aliphatic carbocycles. The van der Waals surface area contributed by atoms with Crippen LogP contribution in [0.4, 0.5) is 0 Å². The molecule has 2 rings (SSSR count). The second-order valence-electron chi connectivity index (χ2n) is 4.83. The van der Waals surface area contributed by atoms with Gasteiger partial charge in [-0.2, -0.15) is 0 Å². The molecule has 1 aromatic rings. The molecule has 2 heteroatoms. The van der Waals surface area contributed by atoms with Crippen molar-refractivity contribution in [1.29, 1.82) is 0 Å². The average molecular weight is 217 g/mol. The maximum atomic E-state index is 11.0. The fourth-order valence-corrected chi connectivity index (χ4v) is 2.17. The number of Topliss-reactive ketones (excluding diaryl/α,β-unsaturated/α-hetero) is 1. The molecule has 0 bridgehead atoms. The molecule has 1 N–H and O–H groups in total. The number of carbonyl (C=O) groups is 1. The van der Waals surface area contributed by atoms with Crippen LogP contribution < -0.4 is 5.32 Å². The van der Waals surface area contributed by atoms with Crippen molar-refractivity contribution in [2.24, 2.45) is 0 Å². The fraction of sp³-hybridized carbons (Fsp3) is 0.500. The van der Waals surface area contributed by atoms with Gasteiger partial charge in [0.15, 0.2) is 0 Å². The van der Waals surface area contributed by atoms with E-state index in [4.69, 9.17) is 0 Å². The molecule has 0 radical (unpaired) electrons. The van der Waals surface area contributed by atoms with Gasteiger partial charge in [-0.3, -0.25) is 0 Å². The minimum absolute atomic E-state index is 0.264. The molecule has 1 saturated heterocycles. The lowest BCUT2D eigenvalue weighted by Crippen LogP contribution is -2.39. The SMILES string of the molecule is CC(=O)C[C@@H](C)c1ccc(C2CNC2)cc1. The van der Waals surface area contributed by atoms with Crippen molar-refractivity contribution in [3.05, 3.63) is 35.4 Å². The summed E-state index contributed by atoms with van der Waals surface area (Å²) in [4.78, 5) is 11.0. The van der Waals surface area contributed by atoms with Crippen LogP contribution in [0.15, 0.2) is 24.3 Å². The number of rotatable bonds is 4. The molecule has 0 amide bonds. The van der Waals surface area contributed by atoms with Gasteiger partial charge in [0.2, 0.25) is 0 Å². The molecule has 1 aromatic carbocycles. The van der Waals surface area contributed by atoms with Gasteiger partial charge < -0.3 is 10.1 Å². The van der Waals surface area contributed by atoms with Gasteiger partial charge in [-0.1, -0.05) is 31.2 Å². The molecule has 1 atom stereocenters. The Kier molecular flexibility index (Phi) is 3.39. The lowest BCUT2D eigenvalue weighted by atomic mass is 9.90. The number of carbonyl (C=O) groups excluding carboxylic acids is 1. The Hall–Kier alpha value is -1.15. The highest BCUT2D eigenvalue weighted by molar-refractivity contribution is 5.76. The third-order valence-corrected chi connectivity index (χ3v) is 3.35. The summed E-state index contributed by atoms with van der Waals surface area (Å²) in [6.45, 7) is 5.97. The van der Waals surface area contributed by atoms with E-state index >= 15 is 0 Å². The molecule has 16 heavy (non-hydrogen) atoms. The molecule has 0 unspecified atom stereocenters. The zero-order valence-electron chi connectivity index (χ0n) is 9.99. The van der Waals surface area contributed by atoms with Crippen LogP contribution in [-0.2, 0) is 4.79 Å². The Morgan fingerprint density at radius 2 is 2.00 bits per heavy atom. The summed E-state index contributed by atoms with van der Waals surface area (Å²) in [6.07, 6.45) is 0.643. The highest BCUT2D eigenvalue weighted by Crippen LogP contribution is 2.24. The molecular formula is C14H19NO. The zero-order chi connectivity index (χ0) is 11.5. The van der Waals surface area contributed by atoms with E-state index in [1.807, 2.05) is 0 Å². The first-order valence-electron chi connectivity index (χ1n) is 5.97. The summed E-state index contributed by atoms with van der Waals surface area (Å²) in [5.41, 5.74) is 2.68. The molecule has 1 fully saturated rings. The number of benzene rings is 1. The second-order valence-corrected chi connectivity index (χ2v) is 4.83. The Labute approximate surface area is 97.1 Å². The normalized spacial score (nSPS) is 17.9. The van der Waals surface area contributed by atoms with E-state index in [0.29, 0.717) is 18.3 Å². The minimum atomic E-state index is 0.264. The summed E-state index contributed by atoms with van der Waals surface area (Å²) in [5.74, 6) is 1.29. The Morgan fingerprint density at radius 1 is 1.38 bits per heavy atom. The maximum Gasteiger partial charge on any atom is 0.130 e. The average Bonchev–Trinajstić information content (AvgIpc) is 2.15. The van der Waals surface area contributed by atoms with Crippen LogP contribution in [0.3, 0.4) is 0 Å². The first kappa shape index (κ1) is 11.3. The van der Waals surface area contributed by atoms with E-state index in [1.54, 1.807) is 6.92 Å². The molecule has 0 spiro atoms. The van der Waals surface area contributed by atoms with Gasteiger partial charge in [-0.05, 0) is 24.0 Å². The summed E-state index contributed by atoms with van der Waals surface area (Å²) < 4.78 is 0. The van der Waals surface area contributed by atoms with Crippen LogP contribution in [0.1, 0.15) is 43.2 Å². The smallest absolute Gasteiger partial charge is 0.130 e. The van der Waals surface area contributed by atoms with E-state index in [9.17, 15) is 4.79 Å². The zero-order valence-corrected chi connectivity index (χ0v) is 9.99. The molecule has 1 aliphatic rings. The molecule has 1 aliphatic heterocycles. The van der Waals surface area contributed by atoms with E-state index in [0.717, 1.165) is 13.1 Å². The predicted octanol–water partition coefficient (Wildman–Crippen LogP) is 2.46. The molecular weight excluding hydrogens is 198 g/mol. The van der Waals surface area contributed by atoms with Crippen molar-refractivity contribution < 1.29 is 4.79 Å². The van der Waals surface area contributed by atoms with Crippen LogP contribution >= 0.6 is 0 Å². The van der Waals surface area contributed by atoms with Crippen molar-refractivity contribution in [2.45, 2.75) is 32.1 Å². The van der Waals surface area contributed by atoms with E-state index in [2.05, 4.69) is 36.5 Å². The molecule has 0 aromatic heterocycles. The minimum Gasteiger partial charge on any atom is -0.315 e. The van der Waals surface area contributed by atoms with Gasteiger partial charge in [0, 0.05) is 25.4 Å². The Balaban J connectivity index is 2.03. The van der Waals surface area contributed by atoms with Crippen LogP contribution in [0.25, 0.3) is 0 Å². The predicted molar refractivity (Wildman–Crippen MR) is 65.8 cm³/mol. The van der Waals surface area contributed by atoms with Crippen LogP contribution in [0, 0.1) is 0 Å². The quantitative estimate of drug-likeness (QED) is 0.839. The number of ketones is 1. The van der Waals surface area contributed by atoms with Crippen molar-refractivity contribution in [3.63, 3.8) is 0 Å². The highest BCUT2D eigenvalue weighted by atomic mass is 16.1. The summed E-state index contributed by atoms with van der Waals surface area (Å²) in [5, 5.41) is 3.28. The third-order valence-electron chi connectivity index (χ3n) is 3.35. The van der Waals surface area contributed by atoms with E-state index in [1.165, 1.54) is 11.1 Å². The van der Waals surface area contributed by atoms with Gasteiger partial charge in [0.05, 0.1) is 0 Å². The molecule has 86 valence electrons. The first-order chi connectivity index (χ1) is 7.66. The van der Waals surface area contributed by atoms with Gasteiger partial charge in [-0.15, -0.1) is 0 Å². The van der Waals surface area contributed by atoms with Crippen LogP contribution in [0.2, 0.25) is 0 Å². The van der Waals surface area contributed by atoms with Gasteiger partial charge in [0.1, 0.15) is 5.78 Å². The van der Waals surface area contributed by atoms with E-state index in [-0.39, 0.29) is 5.78 Å². The maximum absolute atomic E-state index is 11.0. The monoisotopic (exact) mass is 217 g/mol. The van der Waals surface area contributed by atoms with Crippen LogP contribution in [0.5, 0.6) is 0 Å².